The van der Waals surface area contributed by atoms with Crippen LogP contribution in [0, 0.1) is 28.6 Å². The van der Waals surface area contributed by atoms with E-state index in [9.17, 15) is 39.3 Å². The lowest BCUT2D eigenvalue weighted by molar-refractivity contribution is -0.184. The van der Waals surface area contributed by atoms with Crippen molar-refractivity contribution in [2.75, 3.05) is 18.6 Å². The van der Waals surface area contributed by atoms with E-state index in [0.29, 0.717) is 25.0 Å². The summed E-state index contributed by atoms with van der Waals surface area (Å²) >= 11 is 1.46. The molecule has 3 saturated carbocycles. The van der Waals surface area contributed by atoms with Crippen LogP contribution in [-0.2, 0) is 28.7 Å². The van der Waals surface area contributed by atoms with Crippen LogP contribution in [0.25, 0.3) is 0 Å². The Bertz CT molecular complexity index is 1120. The summed E-state index contributed by atoms with van der Waals surface area (Å²) in [6.45, 7) is 3.37. The molecule has 8 unspecified atom stereocenters. The molecule has 4 N–H and O–H groups in total. The number of ether oxygens (including phenoxy) is 1. The highest BCUT2D eigenvalue weighted by molar-refractivity contribution is 7.98. The van der Waals surface area contributed by atoms with Crippen molar-refractivity contribution in [3.63, 3.8) is 0 Å². The molecule has 0 saturated heterocycles. The zero-order valence-electron chi connectivity index (χ0n) is 24.1. The topological polar surface area (TPSA) is 167 Å². The fourth-order valence-corrected chi connectivity index (χ4v) is 8.93. The maximum absolute atomic E-state index is 13.4. The maximum atomic E-state index is 13.4. The Morgan fingerprint density at radius 1 is 1.15 bits per heavy atom. The summed E-state index contributed by atoms with van der Waals surface area (Å²) in [5.74, 6) is -2.39. The number of Topliss-reactive ketones (excluding diaryl/α,β-unsaturated/α-hetero) is 1. The van der Waals surface area contributed by atoms with Gasteiger partial charge in [-0.05, 0) is 86.2 Å². The fraction of sp³-hybridized carbons (Fsp3) is 0.767. The highest BCUT2D eigenvalue weighted by Gasteiger charge is 2.68. The van der Waals surface area contributed by atoms with Gasteiger partial charge in [-0.2, -0.15) is 11.8 Å². The summed E-state index contributed by atoms with van der Waals surface area (Å²) in [5.41, 5.74) is -1.81. The molecule has 0 heterocycles. The molecular formula is C30H43NO9S. The maximum Gasteiger partial charge on any atom is 0.326 e. The van der Waals surface area contributed by atoms with Crippen LogP contribution in [0.15, 0.2) is 11.6 Å². The molecule has 4 rings (SSSR count). The molecule has 0 aromatic heterocycles. The summed E-state index contributed by atoms with van der Waals surface area (Å²) in [4.78, 5) is 61.3. The van der Waals surface area contributed by atoms with E-state index in [0.717, 1.165) is 18.4 Å². The van der Waals surface area contributed by atoms with Crippen LogP contribution in [0.4, 0.5) is 0 Å². The number of aliphatic hydroxyl groups is 2. The second kappa shape index (κ2) is 12.2. The van der Waals surface area contributed by atoms with Gasteiger partial charge in [0.25, 0.3) is 0 Å². The molecule has 10 nitrogen and oxygen atoms in total. The van der Waals surface area contributed by atoms with Crippen LogP contribution in [0.2, 0.25) is 0 Å². The van der Waals surface area contributed by atoms with E-state index in [1.807, 2.05) is 13.2 Å². The number of carbonyl (C=O) groups excluding carboxylic acids is 4. The first-order chi connectivity index (χ1) is 19.3. The monoisotopic (exact) mass is 593 g/mol. The van der Waals surface area contributed by atoms with Gasteiger partial charge in [0.05, 0.1) is 12.5 Å². The normalized spacial score (nSPS) is 36.7. The van der Waals surface area contributed by atoms with Crippen LogP contribution in [-0.4, -0.2) is 81.1 Å². The van der Waals surface area contributed by atoms with Gasteiger partial charge in [-0.25, -0.2) is 4.79 Å². The second-order valence-corrected chi connectivity index (χ2v) is 13.8. The Kier molecular flexibility index (Phi) is 9.40. The number of rotatable bonds is 11. The van der Waals surface area contributed by atoms with Crippen molar-refractivity contribution in [2.24, 2.45) is 28.6 Å². The van der Waals surface area contributed by atoms with Crippen LogP contribution >= 0.6 is 11.8 Å². The Hall–Kier alpha value is -2.24. The van der Waals surface area contributed by atoms with E-state index < -0.39 is 53.4 Å². The summed E-state index contributed by atoms with van der Waals surface area (Å²) in [6.07, 6.45) is 6.30. The molecule has 228 valence electrons. The van der Waals surface area contributed by atoms with Crippen molar-refractivity contribution in [3.05, 3.63) is 11.6 Å². The van der Waals surface area contributed by atoms with Gasteiger partial charge < -0.3 is 25.4 Å². The van der Waals surface area contributed by atoms with Gasteiger partial charge in [-0.15, -0.1) is 0 Å². The standard InChI is InChI=1S/C30H43NO9S/c1-28-11-8-18(32)14-17(28)4-5-19-20-9-12-30(39,29(20,2)15-22(33)26(19)28)23(34)16-40-25(36)7-6-24(35)31-21(27(37)38)10-13-41-3/h14,19-22,26,33,39H,4-13,15-16H2,1-3H3,(H,31,35)(H,37,38). The van der Waals surface area contributed by atoms with Crippen LogP contribution in [0.5, 0.6) is 0 Å². The number of carboxylic acid groups (broad SMARTS) is 1. The molecule has 4 aliphatic carbocycles. The first kappa shape index (κ1) is 31.7. The van der Waals surface area contributed by atoms with Gasteiger partial charge in [0.15, 0.2) is 12.4 Å². The van der Waals surface area contributed by atoms with Crippen molar-refractivity contribution in [2.45, 2.75) is 95.8 Å². The first-order valence-electron chi connectivity index (χ1n) is 14.6. The first-order valence-corrected chi connectivity index (χ1v) is 16.0. The third-order valence-corrected chi connectivity index (χ3v) is 11.3. The van der Waals surface area contributed by atoms with Crippen LogP contribution in [0.3, 0.4) is 0 Å². The van der Waals surface area contributed by atoms with Gasteiger partial charge in [0.1, 0.15) is 11.6 Å². The highest BCUT2D eigenvalue weighted by atomic mass is 32.2. The number of ketones is 2. The van der Waals surface area contributed by atoms with Crippen molar-refractivity contribution >= 4 is 41.2 Å². The lowest BCUT2D eigenvalue weighted by Crippen LogP contribution is -2.62. The Morgan fingerprint density at radius 3 is 2.56 bits per heavy atom. The predicted octanol–water partition coefficient (Wildman–Crippen LogP) is 2.44. The largest absolute Gasteiger partial charge is 0.480 e. The average molecular weight is 594 g/mol. The van der Waals surface area contributed by atoms with E-state index in [-0.39, 0.29) is 61.1 Å². The number of aliphatic carboxylic acids is 1. The average Bonchev–Trinajstić information content (AvgIpc) is 3.19. The van der Waals surface area contributed by atoms with E-state index in [1.54, 1.807) is 6.08 Å². The highest BCUT2D eigenvalue weighted by Crippen LogP contribution is 2.67. The number of allylic oxidation sites excluding steroid dienone is 1. The molecule has 0 spiro atoms. The number of carboxylic acids is 1. The minimum atomic E-state index is -1.76. The number of thioether (sulfide) groups is 1. The molecular weight excluding hydrogens is 550 g/mol. The third kappa shape index (κ3) is 5.86. The number of hydrogen-bond donors (Lipinski definition) is 4. The van der Waals surface area contributed by atoms with E-state index >= 15 is 0 Å². The summed E-state index contributed by atoms with van der Waals surface area (Å²) in [5, 5.41) is 34.9. The van der Waals surface area contributed by atoms with Gasteiger partial charge in [0, 0.05) is 18.3 Å². The molecule has 8 atom stereocenters. The quantitative estimate of drug-likeness (QED) is 0.261. The number of carbonyl (C=O) groups is 5. The number of fused-ring (bicyclic) bond motifs is 5. The van der Waals surface area contributed by atoms with E-state index in [1.165, 1.54) is 11.8 Å². The molecule has 41 heavy (non-hydrogen) atoms. The second-order valence-electron chi connectivity index (χ2n) is 12.8. The van der Waals surface area contributed by atoms with Gasteiger partial charge >= 0.3 is 11.9 Å². The molecule has 1 amide bonds. The van der Waals surface area contributed by atoms with Crippen molar-refractivity contribution < 1.29 is 44.0 Å². The summed E-state index contributed by atoms with van der Waals surface area (Å²) in [6, 6.07) is -1.04. The zero-order chi connectivity index (χ0) is 30.2. The molecule has 4 aliphatic rings. The number of esters is 1. The molecule has 3 fully saturated rings. The lowest BCUT2D eigenvalue weighted by atomic mass is 9.45. The predicted molar refractivity (Wildman–Crippen MR) is 151 cm³/mol. The molecule has 0 bridgehead atoms. The minimum absolute atomic E-state index is 0.00791. The molecule has 0 aromatic rings. The van der Waals surface area contributed by atoms with Gasteiger partial charge in [-0.1, -0.05) is 19.4 Å². The van der Waals surface area contributed by atoms with Gasteiger partial charge in [-0.3, -0.25) is 19.2 Å². The van der Waals surface area contributed by atoms with Crippen molar-refractivity contribution in [1.82, 2.24) is 5.32 Å². The van der Waals surface area contributed by atoms with Gasteiger partial charge in [0.2, 0.25) is 11.7 Å². The number of aliphatic hydroxyl groups excluding tert-OH is 1. The molecule has 0 radical (unpaired) electrons. The summed E-state index contributed by atoms with van der Waals surface area (Å²) < 4.78 is 5.15. The Balaban J connectivity index is 1.35. The van der Waals surface area contributed by atoms with Crippen LogP contribution in [0.1, 0.15) is 78.1 Å². The number of amides is 1. The fourth-order valence-electron chi connectivity index (χ4n) is 8.46. The zero-order valence-corrected chi connectivity index (χ0v) is 25.0. The third-order valence-electron chi connectivity index (χ3n) is 10.7. The SMILES string of the molecule is CSCCC(NC(=O)CCC(=O)OCC(=O)C1(O)CCC2C3CCC4=CC(=O)CCC4(C)C3C(O)CC21C)C(=O)O. The molecule has 0 aromatic carbocycles. The summed E-state index contributed by atoms with van der Waals surface area (Å²) in [7, 11) is 0. The van der Waals surface area contributed by atoms with Crippen molar-refractivity contribution in [1.29, 1.82) is 0 Å². The Morgan fingerprint density at radius 2 is 1.88 bits per heavy atom. The Labute approximate surface area is 245 Å². The molecule has 0 aliphatic heterocycles. The smallest absolute Gasteiger partial charge is 0.326 e. The molecule has 11 heteroatoms. The number of hydrogen-bond acceptors (Lipinski definition) is 9. The van der Waals surface area contributed by atoms with E-state index in [4.69, 9.17) is 4.74 Å². The lowest BCUT2D eigenvalue weighted by Gasteiger charge is -2.60. The minimum Gasteiger partial charge on any atom is -0.480 e. The number of nitrogens with one attached hydrogen (secondary N) is 1. The van der Waals surface area contributed by atoms with Crippen LogP contribution < -0.4 is 5.32 Å². The van der Waals surface area contributed by atoms with E-state index in [2.05, 4.69) is 12.2 Å². The van der Waals surface area contributed by atoms with Crippen molar-refractivity contribution in [3.8, 4) is 0 Å².